The molecule has 33 heavy (non-hydrogen) atoms. The quantitative estimate of drug-likeness (QED) is 0.569. The molecule has 0 unspecified atom stereocenters. The lowest BCUT2D eigenvalue weighted by atomic mass is 9.73. The summed E-state index contributed by atoms with van der Waals surface area (Å²) in [6.07, 6.45) is -10.8. The first-order valence-corrected chi connectivity index (χ1v) is 12.4. The number of alkyl halides is 7. The average molecular weight is 501 g/mol. The van der Waals surface area contributed by atoms with Crippen LogP contribution in [0.15, 0.2) is 18.2 Å². The first kappa shape index (κ1) is 24.3. The van der Waals surface area contributed by atoms with Crippen LogP contribution >= 0.6 is 0 Å². The number of nitrogens with zero attached hydrogens (tertiary/aromatic N) is 1. The van der Waals surface area contributed by atoms with Crippen LogP contribution in [0.25, 0.3) is 0 Å². The van der Waals surface area contributed by atoms with Gasteiger partial charge in [0.2, 0.25) is 5.91 Å². The van der Waals surface area contributed by atoms with E-state index in [0.29, 0.717) is 37.0 Å². The minimum Gasteiger partial charge on any atom is -0.340 e. The van der Waals surface area contributed by atoms with Gasteiger partial charge in [-0.05, 0) is 48.6 Å². The summed E-state index contributed by atoms with van der Waals surface area (Å²) >= 11 is 0. The van der Waals surface area contributed by atoms with E-state index in [0.717, 1.165) is 6.07 Å². The molecule has 0 aromatic heterocycles. The molecule has 2 fully saturated rings. The maximum Gasteiger partial charge on any atom is 0.435 e. The Morgan fingerprint density at radius 1 is 0.909 bits per heavy atom. The molecular formula is C21H22F7NO3S. The second-order valence-corrected chi connectivity index (χ2v) is 11.3. The third kappa shape index (κ3) is 4.01. The van der Waals surface area contributed by atoms with Crippen LogP contribution in [0.3, 0.4) is 0 Å². The molecule has 0 radical (unpaired) electrons. The molecule has 1 amide bonds. The number of benzene rings is 1. The van der Waals surface area contributed by atoms with Crippen molar-refractivity contribution in [3.05, 3.63) is 34.9 Å². The maximum absolute atomic E-state index is 14.5. The number of carbonyl (C=O) groups is 1. The highest BCUT2D eigenvalue weighted by Crippen LogP contribution is 2.55. The number of hydrogen-bond acceptors (Lipinski definition) is 3. The van der Waals surface area contributed by atoms with Crippen LogP contribution in [-0.2, 0) is 26.7 Å². The lowest BCUT2D eigenvalue weighted by Gasteiger charge is -2.36. The monoisotopic (exact) mass is 501 g/mol. The van der Waals surface area contributed by atoms with Gasteiger partial charge in [-0.1, -0.05) is 18.2 Å². The molecule has 1 saturated carbocycles. The van der Waals surface area contributed by atoms with Crippen molar-refractivity contribution in [1.29, 1.82) is 0 Å². The van der Waals surface area contributed by atoms with Gasteiger partial charge >= 0.3 is 18.0 Å². The Hall–Kier alpha value is -1.85. The largest absolute Gasteiger partial charge is 0.435 e. The third-order valence-corrected chi connectivity index (χ3v) is 8.87. The molecule has 3 aliphatic rings. The fourth-order valence-corrected chi connectivity index (χ4v) is 6.74. The Bertz CT molecular complexity index is 1020. The van der Waals surface area contributed by atoms with E-state index in [2.05, 4.69) is 0 Å². The van der Waals surface area contributed by atoms with E-state index in [9.17, 15) is 43.9 Å². The van der Waals surface area contributed by atoms with Crippen molar-refractivity contribution in [2.45, 2.75) is 49.6 Å². The number of sulfone groups is 1. The fraction of sp³-hybridized carbons (Fsp3) is 0.667. The van der Waals surface area contributed by atoms with Gasteiger partial charge in [-0.3, -0.25) is 4.79 Å². The highest BCUT2D eigenvalue weighted by molar-refractivity contribution is 7.91. The van der Waals surface area contributed by atoms with Crippen molar-refractivity contribution in [2.24, 2.45) is 11.8 Å². The second-order valence-electron chi connectivity index (χ2n) is 9.04. The van der Waals surface area contributed by atoms with E-state index in [4.69, 9.17) is 0 Å². The average Bonchev–Trinajstić information content (AvgIpc) is 3.15. The van der Waals surface area contributed by atoms with Gasteiger partial charge in [0.25, 0.3) is 0 Å². The summed E-state index contributed by atoms with van der Waals surface area (Å²) in [4.78, 5) is 14.5. The molecule has 4 rings (SSSR count). The third-order valence-electron chi connectivity index (χ3n) is 7.26. The second kappa shape index (κ2) is 7.84. The highest BCUT2D eigenvalue weighted by atomic mass is 32.2. The summed E-state index contributed by atoms with van der Waals surface area (Å²) < 4.78 is 116. The Morgan fingerprint density at radius 3 is 2.09 bits per heavy atom. The minimum absolute atomic E-state index is 0.103. The topological polar surface area (TPSA) is 54.5 Å². The van der Waals surface area contributed by atoms with Gasteiger partial charge in [0.15, 0.2) is 9.84 Å². The number of carbonyl (C=O) groups excluding carboxylic acids is 1. The molecule has 1 aliphatic heterocycles. The van der Waals surface area contributed by atoms with Crippen LogP contribution in [0.5, 0.6) is 0 Å². The summed E-state index contributed by atoms with van der Waals surface area (Å²) in [5.74, 6) is -1.11. The molecule has 3 atom stereocenters. The highest BCUT2D eigenvalue weighted by Gasteiger charge is 2.73. The van der Waals surface area contributed by atoms with Gasteiger partial charge < -0.3 is 4.90 Å². The summed E-state index contributed by atoms with van der Waals surface area (Å²) in [7, 11) is -3.16. The van der Waals surface area contributed by atoms with Crippen LogP contribution in [0.1, 0.15) is 41.9 Å². The molecule has 1 aromatic rings. The molecule has 184 valence electrons. The van der Waals surface area contributed by atoms with Crippen molar-refractivity contribution in [1.82, 2.24) is 4.90 Å². The first-order valence-electron chi connectivity index (χ1n) is 10.6. The molecule has 1 saturated heterocycles. The Kier molecular flexibility index (Phi) is 5.77. The lowest BCUT2D eigenvalue weighted by Crippen LogP contribution is -2.50. The molecule has 0 bridgehead atoms. The van der Waals surface area contributed by atoms with Crippen LogP contribution in [-0.4, -0.2) is 56.2 Å². The Labute approximate surface area is 186 Å². The molecule has 4 nitrogen and oxygen atoms in total. The number of hydrogen-bond donors (Lipinski definition) is 0. The smallest absolute Gasteiger partial charge is 0.340 e. The maximum atomic E-state index is 14.5. The number of rotatable bonds is 2. The van der Waals surface area contributed by atoms with Gasteiger partial charge in [0.05, 0.1) is 11.5 Å². The van der Waals surface area contributed by atoms with Crippen molar-refractivity contribution in [3.8, 4) is 0 Å². The van der Waals surface area contributed by atoms with E-state index < -0.39 is 33.4 Å². The zero-order valence-corrected chi connectivity index (χ0v) is 18.2. The van der Waals surface area contributed by atoms with E-state index in [1.54, 1.807) is 0 Å². The van der Waals surface area contributed by atoms with Crippen LogP contribution in [0, 0.1) is 11.8 Å². The normalized spacial score (nSPS) is 27.7. The lowest BCUT2D eigenvalue weighted by molar-refractivity contribution is -0.348. The summed E-state index contributed by atoms with van der Waals surface area (Å²) in [5, 5.41) is 0. The van der Waals surface area contributed by atoms with Gasteiger partial charge in [0.1, 0.15) is 0 Å². The molecule has 0 spiro atoms. The predicted molar refractivity (Wildman–Crippen MR) is 104 cm³/mol. The minimum atomic E-state index is -6.16. The standard InChI is InChI=1S/C21H22F7NO3S/c22-19(20(23,24)25,21(26,27)28)13-2-4-14-12(11-13)1-3-16-15(14)5-6-17(16)18(30)29-7-9-33(31,32)10-8-29/h2,4,11,15-17H,1,3,5-10H2/t15-,16+,17+/m0/s1. The Morgan fingerprint density at radius 2 is 1.52 bits per heavy atom. The van der Waals surface area contributed by atoms with Crippen LogP contribution in [0.4, 0.5) is 30.7 Å². The summed E-state index contributed by atoms with van der Waals surface area (Å²) in [6, 6.07) is 2.34. The van der Waals surface area contributed by atoms with E-state index >= 15 is 0 Å². The molecular weight excluding hydrogens is 479 g/mol. The fourth-order valence-electron chi connectivity index (χ4n) is 5.54. The van der Waals surface area contributed by atoms with Crippen molar-refractivity contribution in [2.75, 3.05) is 24.6 Å². The summed E-state index contributed by atoms with van der Waals surface area (Å²) in [5.41, 5.74) is -6.16. The zero-order valence-electron chi connectivity index (χ0n) is 17.3. The van der Waals surface area contributed by atoms with Crippen LogP contribution in [0.2, 0.25) is 0 Å². The van der Waals surface area contributed by atoms with Crippen molar-refractivity contribution >= 4 is 15.7 Å². The molecule has 1 heterocycles. The Balaban J connectivity index is 1.58. The number of amides is 1. The number of fused-ring (bicyclic) bond motifs is 3. The molecule has 1 aromatic carbocycles. The van der Waals surface area contributed by atoms with Gasteiger partial charge in [0, 0.05) is 24.6 Å². The zero-order chi connectivity index (χ0) is 24.4. The summed E-state index contributed by atoms with van der Waals surface area (Å²) in [6.45, 7) is 0.227. The van der Waals surface area contributed by atoms with E-state index in [1.807, 2.05) is 0 Å². The molecule has 2 aliphatic carbocycles. The number of aryl methyl sites for hydroxylation is 1. The van der Waals surface area contributed by atoms with Gasteiger partial charge in [-0.25, -0.2) is 12.8 Å². The van der Waals surface area contributed by atoms with E-state index in [-0.39, 0.29) is 60.2 Å². The molecule has 12 heteroatoms. The van der Waals surface area contributed by atoms with Crippen molar-refractivity contribution < 1.29 is 43.9 Å². The van der Waals surface area contributed by atoms with Gasteiger partial charge in [-0.15, -0.1) is 0 Å². The predicted octanol–water partition coefficient (Wildman–Crippen LogP) is 4.29. The molecule has 0 N–H and O–H groups in total. The van der Waals surface area contributed by atoms with Crippen molar-refractivity contribution in [3.63, 3.8) is 0 Å². The van der Waals surface area contributed by atoms with Gasteiger partial charge in [-0.2, -0.15) is 26.3 Å². The first-order chi connectivity index (χ1) is 15.2. The number of halogens is 7. The van der Waals surface area contributed by atoms with E-state index in [1.165, 1.54) is 4.90 Å². The van der Waals surface area contributed by atoms with Crippen LogP contribution < -0.4 is 0 Å². The SMILES string of the molecule is O=C([C@@H]1CC[C@H]2c3ccc(C(F)(C(F)(F)F)C(F)(F)F)cc3CC[C@@H]12)N1CCS(=O)(=O)CC1.